The number of nitrogens with two attached hydrogens (primary N) is 1. The smallest absolute Gasteiger partial charge is 0.251 e. The summed E-state index contributed by atoms with van der Waals surface area (Å²) in [6.07, 6.45) is 9.95. The van der Waals surface area contributed by atoms with E-state index in [1.165, 1.54) is 0 Å². The van der Waals surface area contributed by atoms with E-state index in [1.807, 2.05) is 31.2 Å². The van der Waals surface area contributed by atoms with Gasteiger partial charge in [0.1, 0.15) is 18.1 Å². The third-order valence-electron chi connectivity index (χ3n) is 3.53. The molecule has 3 rings (SSSR count). The molecule has 23 heavy (non-hydrogen) atoms. The summed E-state index contributed by atoms with van der Waals surface area (Å²) < 4.78 is 7.30. The zero-order valence-electron chi connectivity index (χ0n) is 12.9. The van der Waals surface area contributed by atoms with Crippen molar-refractivity contribution in [3.8, 4) is 11.1 Å². The first-order chi connectivity index (χ1) is 11.2. The van der Waals surface area contributed by atoms with Crippen LogP contribution in [0, 0.1) is 0 Å². The van der Waals surface area contributed by atoms with E-state index in [2.05, 4.69) is 9.97 Å². The molecule has 0 aromatic carbocycles. The van der Waals surface area contributed by atoms with Crippen LogP contribution in [0.4, 0.5) is 5.95 Å². The summed E-state index contributed by atoms with van der Waals surface area (Å²) in [5, 5.41) is 0. The van der Waals surface area contributed by atoms with E-state index in [9.17, 15) is 4.79 Å². The molecule has 0 amide bonds. The number of rotatable bonds is 4. The lowest BCUT2D eigenvalue weighted by Crippen LogP contribution is -2.18. The zero-order chi connectivity index (χ0) is 16.2. The lowest BCUT2D eigenvalue weighted by Gasteiger charge is -2.15. The number of allylic oxidation sites excluding steroid dienone is 2. The highest BCUT2D eigenvalue weighted by atomic mass is 16.5. The first-order valence-electron chi connectivity index (χ1n) is 7.52. The SMILES string of the molecule is CCCn1ccc(-c2cnc(N)nc2C2=CC=CCO2)cc1=O. The molecule has 0 spiro atoms. The molecule has 0 saturated carbocycles. The van der Waals surface area contributed by atoms with Crippen LogP contribution >= 0.6 is 0 Å². The number of ether oxygens (including phenoxy) is 1. The van der Waals surface area contributed by atoms with Gasteiger partial charge in [-0.15, -0.1) is 0 Å². The highest BCUT2D eigenvalue weighted by Crippen LogP contribution is 2.28. The van der Waals surface area contributed by atoms with E-state index in [1.54, 1.807) is 23.0 Å². The molecule has 1 aliphatic heterocycles. The molecule has 2 aromatic rings. The summed E-state index contributed by atoms with van der Waals surface area (Å²) in [6, 6.07) is 3.47. The first-order valence-corrected chi connectivity index (χ1v) is 7.52. The van der Waals surface area contributed by atoms with Crippen molar-refractivity contribution in [2.24, 2.45) is 0 Å². The van der Waals surface area contributed by atoms with E-state index in [0.29, 0.717) is 24.6 Å². The molecule has 6 heteroatoms. The van der Waals surface area contributed by atoms with Gasteiger partial charge in [-0.25, -0.2) is 9.97 Å². The second-order valence-electron chi connectivity index (χ2n) is 5.21. The lowest BCUT2D eigenvalue weighted by atomic mass is 10.1. The highest BCUT2D eigenvalue weighted by molar-refractivity contribution is 5.77. The van der Waals surface area contributed by atoms with Crippen molar-refractivity contribution in [3.05, 3.63) is 58.8 Å². The van der Waals surface area contributed by atoms with Crippen molar-refractivity contribution in [2.45, 2.75) is 19.9 Å². The molecule has 2 N–H and O–H groups in total. The van der Waals surface area contributed by atoms with E-state index in [-0.39, 0.29) is 11.5 Å². The van der Waals surface area contributed by atoms with Gasteiger partial charge in [0.2, 0.25) is 5.95 Å². The minimum atomic E-state index is -0.0504. The molecular weight excluding hydrogens is 292 g/mol. The molecule has 0 radical (unpaired) electrons. The Bertz CT molecular complexity index is 837. The molecule has 2 aromatic heterocycles. The van der Waals surface area contributed by atoms with Gasteiger partial charge in [0, 0.05) is 30.6 Å². The van der Waals surface area contributed by atoms with Crippen LogP contribution in [0.5, 0.6) is 0 Å². The van der Waals surface area contributed by atoms with Crippen molar-refractivity contribution in [1.82, 2.24) is 14.5 Å². The quantitative estimate of drug-likeness (QED) is 0.936. The third kappa shape index (κ3) is 3.15. The monoisotopic (exact) mass is 310 g/mol. The Morgan fingerprint density at radius 3 is 3.00 bits per heavy atom. The maximum absolute atomic E-state index is 12.2. The topological polar surface area (TPSA) is 83.0 Å². The molecule has 0 bridgehead atoms. The van der Waals surface area contributed by atoms with Gasteiger partial charge in [-0.3, -0.25) is 4.79 Å². The number of pyridine rings is 1. The molecule has 1 aliphatic rings. The number of hydrogen-bond acceptors (Lipinski definition) is 5. The standard InChI is InChI=1S/C17H18N4O2/c1-2-7-21-8-6-12(10-15(21)22)13-11-19-17(18)20-16(13)14-5-3-4-9-23-14/h3-6,8,10-11H,2,7,9H2,1H3,(H2,18,19,20). The summed E-state index contributed by atoms with van der Waals surface area (Å²) in [5.74, 6) is 0.788. The Hall–Kier alpha value is -2.89. The number of aromatic nitrogens is 3. The zero-order valence-corrected chi connectivity index (χ0v) is 12.9. The molecule has 118 valence electrons. The van der Waals surface area contributed by atoms with Crippen molar-refractivity contribution in [3.63, 3.8) is 0 Å². The summed E-state index contributed by atoms with van der Waals surface area (Å²) >= 11 is 0. The fourth-order valence-corrected chi connectivity index (χ4v) is 2.44. The van der Waals surface area contributed by atoms with Crippen molar-refractivity contribution in [1.29, 1.82) is 0 Å². The van der Waals surface area contributed by atoms with Gasteiger partial charge in [0.15, 0.2) is 0 Å². The van der Waals surface area contributed by atoms with Gasteiger partial charge in [-0.1, -0.05) is 13.0 Å². The van der Waals surface area contributed by atoms with Crippen LogP contribution in [-0.2, 0) is 11.3 Å². The van der Waals surface area contributed by atoms with Crippen LogP contribution in [0.15, 0.2) is 47.5 Å². The second-order valence-corrected chi connectivity index (χ2v) is 5.21. The third-order valence-corrected chi connectivity index (χ3v) is 3.53. The lowest BCUT2D eigenvalue weighted by molar-refractivity contribution is 0.314. The molecule has 3 heterocycles. The first kappa shape index (κ1) is 15.0. The number of nitrogens with zero attached hydrogens (tertiary/aromatic N) is 3. The summed E-state index contributed by atoms with van der Waals surface area (Å²) in [6.45, 7) is 3.21. The van der Waals surface area contributed by atoms with E-state index < -0.39 is 0 Å². The fourth-order valence-electron chi connectivity index (χ4n) is 2.44. The largest absolute Gasteiger partial charge is 0.487 e. The van der Waals surface area contributed by atoms with Gasteiger partial charge < -0.3 is 15.0 Å². The molecule has 0 saturated heterocycles. The second kappa shape index (κ2) is 6.48. The minimum Gasteiger partial charge on any atom is -0.487 e. The van der Waals surface area contributed by atoms with Gasteiger partial charge in [-0.2, -0.15) is 0 Å². The minimum absolute atomic E-state index is 0.0504. The average molecular weight is 310 g/mol. The van der Waals surface area contributed by atoms with Crippen LogP contribution in [0.25, 0.3) is 16.9 Å². The van der Waals surface area contributed by atoms with Crippen molar-refractivity contribution >= 4 is 11.7 Å². The Labute approximate surface area is 134 Å². The van der Waals surface area contributed by atoms with Crippen LogP contribution < -0.4 is 11.3 Å². The molecule has 0 aliphatic carbocycles. The molecule has 0 atom stereocenters. The average Bonchev–Trinajstić information content (AvgIpc) is 2.58. The number of anilines is 1. The Balaban J connectivity index is 2.09. The Morgan fingerprint density at radius 1 is 1.43 bits per heavy atom. The Kier molecular flexibility index (Phi) is 4.23. The van der Waals surface area contributed by atoms with Crippen molar-refractivity contribution in [2.75, 3.05) is 12.3 Å². The predicted molar refractivity (Wildman–Crippen MR) is 89.5 cm³/mol. The Morgan fingerprint density at radius 2 is 2.30 bits per heavy atom. The summed E-state index contributed by atoms with van der Waals surface area (Å²) in [4.78, 5) is 20.5. The maximum atomic E-state index is 12.2. The van der Waals surface area contributed by atoms with Gasteiger partial charge >= 0.3 is 0 Å². The van der Waals surface area contributed by atoms with Crippen LogP contribution in [0.2, 0.25) is 0 Å². The van der Waals surface area contributed by atoms with Crippen LogP contribution in [-0.4, -0.2) is 21.1 Å². The number of hydrogen-bond donors (Lipinski definition) is 1. The molecule has 0 unspecified atom stereocenters. The van der Waals surface area contributed by atoms with Gasteiger partial charge in [0.25, 0.3) is 5.56 Å². The van der Waals surface area contributed by atoms with Crippen molar-refractivity contribution < 1.29 is 4.74 Å². The number of aryl methyl sites for hydroxylation is 1. The summed E-state index contributed by atoms with van der Waals surface area (Å²) in [7, 11) is 0. The van der Waals surface area contributed by atoms with Gasteiger partial charge in [0.05, 0.1) is 0 Å². The summed E-state index contributed by atoms with van der Waals surface area (Å²) in [5.41, 5.74) is 7.73. The number of nitrogen functional groups attached to an aromatic ring is 1. The fraction of sp³-hybridized carbons (Fsp3) is 0.235. The molecular formula is C17H18N4O2. The van der Waals surface area contributed by atoms with Crippen LogP contribution in [0.3, 0.4) is 0 Å². The van der Waals surface area contributed by atoms with E-state index in [4.69, 9.17) is 10.5 Å². The van der Waals surface area contributed by atoms with E-state index in [0.717, 1.165) is 17.5 Å². The normalized spacial score (nSPS) is 13.5. The predicted octanol–water partition coefficient (Wildman–Crippen LogP) is 2.22. The molecule has 6 nitrogen and oxygen atoms in total. The highest BCUT2D eigenvalue weighted by Gasteiger charge is 2.15. The molecule has 0 fully saturated rings. The van der Waals surface area contributed by atoms with E-state index >= 15 is 0 Å². The maximum Gasteiger partial charge on any atom is 0.251 e. The van der Waals surface area contributed by atoms with Gasteiger partial charge in [-0.05, 0) is 30.2 Å². The van der Waals surface area contributed by atoms with Crippen LogP contribution in [0.1, 0.15) is 19.0 Å².